The summed E-state index contributed by atoms with van der Waals surface area (Å²) in [4.78, 5) is 27.8. The fraction of sp³-hybridized carbons (Fsp3) is 0.480. The highest BCUT2D eigenvalue weighted by Crippen LogP contribution is 2.42. The molecule has 2 aliphatic rings. The molecule has 0 radical (unpaired) electrons. The Bertz CT molecular complexity index is 1120. The third-order valence-electron chi connectivity index (χ3n) is 6.27. The quantitative estimate of drug-likeness (QED) is 0.555. The van der Waals surface area contributed by atoms with E-state index in [4.69, 9.17) is 5.10 Å². The first-order valence-corrected chi connectivity index (χ1v) is 11.2. The van der Waals surface area contributed by atoms with Gasteiger partial charge in [-0.05, 0) is 62.8 Å². The molecular formula is C25H28F3N3O2. The van der Waals surface area contributed by atoms with Gasteiger partial charge in [0.1, 0.15) is 0 Å². The predicted octanol–water partition coefficient (Wildman–Crippen LogP) is 5.68. The maximum absolute atomic E-state index is 13.2. The Morgan fingerprint density at radius 1 is 1.15 bits per heavy atom. The third-order valence-corrected chi connectivity index (χ3v) is 6.27. The molecule has 1 atom stereocenters. The lowest BCUT2D eigenvalue weighted by Gasteiger charge is -2.30. The molecule has 8 heteroatoms. The molecular weight excluding hydrogens is 431 g/mol. The summed E-state index contributed by atoms with van der Waals surface area (Å²) in [5.41, 5.74) is 2.11. The predicted molar refractivity (Wildman–Crippen MR) is 118 cm³/mol. The Kier molecular flexibility index (Phi) is 5.75. The third kappa shape index (κ3) is 4.48. The molecule has 2 heterocycles. The molecule has 1 fully saturated rings. The van der Waals surface area contributed by atoms with Gasteiger partial charge in [-0.1, -0.05) is 19.4 Å². The van der Waals surface area contributed by atoms with Gasteiger partial charge in [-0.15, -0.1) is 0 Å². The highest BCUT2D eigenvalue weighted by Gasteiger charge is 2.41. The molecule has 1 aromatic heterocycles. The number of benzene rings is 1. The second-order valence-corrected chi connectivity index (χ2v) is 10.0. The van der Waals surface area contributed by atoms with Crippen LogP contribution in [0, 0.1) is 5.41 Å². The number of rotatable bonds is 3. The first-order valence-electron chi connectivity index (χ1n) is 11.2. The second kappa shape index (κ2) is 8.15. The first kappa shape index (κ1) is 23.3. The molecule has 4 rings (SSSR count). The number of carbonyl (C=O) groups excluding carboxylic acids is 2. The number of hydrogen-bond acceptors (Lipinski definition) is 3. The summed E-state index contributed by atoms with van der Waals surface area (Å²) in [7, 11) is 0. The summed E-state index contributed by atoms with van der Waals surface area (Å²) in [5.74, 6) is -0.144. The number of amides is 1. The number of alkyl halides is 3. The van der Waals surface area contributed by atoms with E-state index in [-0.39, 0.29) is 23.1 Å². The fourth-order valence-corrected chi connectivity index (χ4v) is 4.86. The zero-order chi connectivity index (χ0) is 24.1. The van der Waals surface area contributed by atoms with Crippen molar-refractivity contribution in [1.82, 2.24) is 14.7 Å². The zero-order valence-corrected chi connectivity index (χ0v) is 19.3. The van der Waals surface area contributed by atoms with Gasteiger partial charge in [-0.25, -0.2) is 4.68 Å². The van der Waals surface area contributed by atoms with Crippen LogP contribution in [0.2, 0.25) is 0 Å². The summed E-state index contributed by atoms with van der Waals surface area (Å²) in [5, 5.41) is 4.76. The van der Waals surface area contributed by atoms with Gasteiger partial charge in [0.25, 0.3) is 0 Å². The van der Waals surface area contributed by atoms with E-state index >= 15 is 0 Å². The van der Waals surface area contributed by atoms with Crippen molar-refractivity contribution in [2.75, 3.05) is 6.54 Å². The largest absolute Gasteiger partial charge is 0.416 e. The second-order valence-electron chi connectivity index (χ2n) is 10.0. The molecule has 1 saturated heterocycles. The summed E-state index contributed by atoms with van der Waals surface area (Å²) in [6.45, 7) is 8.29. The SMILES string of the molecule is CC(C)=CC(=O)N1CCC[C@H]1c1nn(-c2ccc(C(F)(F)F)cc2)c2c1C(=O)CC(C)(C)C2. The van der Waals surface area contributed by atoms with Crippen molar-refractivity contribution in [2.24, 2.45) is 5.41 Å². The minimum absolute atomic E-state index is 0.0316. The van der Waals surface area contributed by atoms with Crippen molar-refractivity contribution in [3.05, 3.63) is 58.4 Å². The van der Waals surface area contributed by atoms with Crippen LogP contribution in [0.4, 0.5) is 13.2 Å². The fourth-order valence-electron chi connectivity index (χ4n) is 4.86. The van der Waals surface area contributed by atoms with Crippen LogP contribution in [0.25, 0.3) is 5.69 Å². The van der Waals surface area contributed by atoms with Gasteiger partial charge in [-0.2, -0.15) is 18.3 Å². The standard InChI is InChI=1S/C25H28F3N3O2/c1-15(2)12-21(33)30-11-5-6-18(30)23-22-19(13-24(3,4)14-20(22)32)31(29-23)17-9-7-16(8-10-17)25(26,27)28/h7-10,12,18H,5-6,11,13-14H2,1-4H3/t18-/m0/s1. The molecule has 1 amide bonds. The van der Waals surface area contributed by atoms with Gasteiger partial charge in [-0.3, -0.25) is 9.59 Å². The molecule has 1 aliphatic heterocycles. The van der Waals surface area contributed by atoms with Crippen molar-refractivity contribution in [1.29, 1.82) is 0 Å². The lowest BCUT2D eigenvalue weighted by atomic mass is 9.75. The van der Waals surface area contributed by atoms with Crippen LogP contribution in [-0.4, -0.2) is 32.9 Å². The van der Waals surface area contributed by atoms with Crippen LogP contribution in [0.1, 0.15) is 80.3 Å². The maximum atomic E-state index is 13.2. The molecule has 1 aliphatic carbocycles. The number of nitrogens with zero attached hydrogens (tertiary/aromatic N) is 3. The summed E-state index contributed by atoms with van der Waals surface area (Å²) >= 11 is 0. The van der Waals surface area contributed by atoms with E-state index in [0.717, 1.165) is 24.1 Å². The molecule has 1 aromatic carbocycles. The van der Waals surface area contributed by atoms with Crippen molar-refractivity contribution >= 4 is 11.7 Å². The Labute approximate surface area is 191 Å². The summed E-state index contributed by atoms with van der Waals surface area (Å²) in [6.07, 6.45) is -0.426. The van der Waals surface area contributed by atoms with E-state index in [0.29, 0.717) is 48.4 Å². The van der Waals surface area contributed by atoms with E-state index in [1.165, 1.54) is 12.1 Å². The minimum Gasteiger partial charge on any atom is -0.330 e. The van der Waals surface area contributed by atoms with Crippen molar-refractivity contribution in [3.8, 4) is 5.69 Å². The van der Waals surface area contributed by atoms with Crippen LogP contribution in [0.3, 0.4) is 0 Å². The van der Waals surface area contributed by atoms with Gasteiger partial charge in [0, 0.05) is 19.0 Å². The van der Waals surface area contributed by atoms with Gasteiger partial charge in [0.15, 0.2) is 5.78 Å². The summed E-state index contributed by atoms with van der Waals surface area (Å²) < 4.78 is 40.8. The van der Waals surface area contributed by atoms with E-state index in [1.54, 1.807) is 15.7 Å². The average Bonchev–Trinajstić information content (AvgIpc) is 3.30. The van der Waals surface area contributed by atoms with E-state index in [9.17, 15) is 22.8 Å². The Morgan fingerprint density at radius 2 is 1.82 bits per heavy atom. The number of hydrogen-bond donors (Lipinski definition) is 0. The number of ketones is 1. The smallest absolute Gasteiger partial charge is 0.330 e. The Balaban J connectivity index is 1.83. The molecule has 176 valence electrons. The van der Waals surface area contributed by atoms with Crippen molar-refractivity contribution < 1.29 is 22.8 Å². The van der Waals surface area contributed by atoms with Gasteiger partial charge in [0.2, 0.25) is 5.91 Å². The van der Waals surface area contributed by atoms with Gasteiger partial charge >= 0.3 is 6.18 Å². The van der Waals surface area contributed by atoms with Crippen LogP contribution in [-0.2, 0) is 17.4 Å². The van der Waals surface area contributed by atoms with Crippen LogP contribution in [0.5, 0.6) is 0 Å². The van der Waals surface area contributed by atoms with E-state index in [1.807, 2.05) is 27.7 Å². The number of fused-ring (bicyclic) bond motifs is 1. The highest BCUT2D eigenvalue weighted by molar-refractivity contribution is 6.00. The summed E-state index contributed by atoms with van der Waals surface area (Å²) in [6, 6.07) is 4.49. The number of Topliss-reactive ketones (excluding diaryl/α,β-unsaturated/α-hetero) is 1. The molecule has 0 spiro atoms. The lowest BCUT2D eigenvalue weighted by Crippen LogP contribution is -2.32. The monoisotopic (exact) mass is 459 g/mol. The van der Waals surface area contributed by atoms with Crippen LogP contribution < -0.4 is 0 Å². The number of halogens is 3. The van der Waals surface area contributed by atoms with Crippen LogP contribution >= 0.6 is 0 Å². The number of likely N-dealkylation sites (tertiary alicyclic amines) is 1. The number of allylic oxidation sites excluding steroid dienone is 1. The Morgan fingerprint density at radius 3 is 2.42 bits per heavy atom. The number of carbonyl (C=O) groups is 2. The molecule has 0 N–H and O–H groups in total. The van der Waals surface area contributed by atoms with Crippen molar-refractivity contribution in [3.63, 3.8) is 0 Å². The topological polar surface area (TPSA) is 55.2 Å². The average molecular weight is 460 g/mol. The number of aromatic nitrogens is 2. The highest BCUT2D eigenvalue weighted by atomic mass is 19.4. The van der Waals surface area contributed by atoms with Gasteiger partial charge in [0.05, 0.1) is 34.2 Å². The Hall–Kier alpha value is -2.90. The van der Waals surface area contributed by atoms with Crippen LogP contribution in [0.15, 0.2) is 35.9 Å². The molecule has 2 aromatic rings. The maximum Gasteiger partial charge on any atom is 0.416 e. The van der Waals surface area contributed by atoms with E-state index < -0.39 is 11.7 Å². The molecule has 0 bridgehead atoms. The molecule has 33 heavy (non-hydrogen) atoms. The normalized spacial score (nSPS) is 20.0. The van der Waals surface area contributed by atoms with Gasteiger partial charge < -0.3 is 4.90 Å². The zero-order valence-electron chi connectivity index (χ0n) is 19.3. The molecule has 0 unspecified atom stereocenters. The minimum atomic E-state index is -4.43. The van der Waals surface area contributed by atoms with E-state index in [2.05, 4.69) is 0 Å². The van der Waals surface area contributed by atoms with Crippen molar-refractivity contribution in [2.45, 2.75) is 65.6 Å². The molecule has 5 nitrogen and oxygen atoms in total. The first-order chi connectivity index (χ1) is 15.4. The lowest BCUT2D eigenvalue weighted by molar-refractivity contribution is -0.137. The molecule has 0 saturated carbocycles.